The number of furan rings is 1. The molecule has 2 heterocycles. The summed E-state index contributed by atoms with van der Waals surface area (Å²) >= 11 is 6.70. The van der Waals surface area contributed by atoms with Crippen LogP contribution in [-0.2, 0) is 18.0 Å². The Bertz CT molecular complexity index is 989. The third-order valence-electron chi connectivity index (χ3n) is 3.77. The molecule has 0 saturated carbocycles. The molecule has 1 atom stereocenters. The maximum atomic E-state index is 12.9. The molecule has 2 aromatic heterocycles. The van der Waals surface area contributed by atoms with Crippen LogP contribution in [0.2, 0.25) is 5.02 Å². The second-order valence-corrected chi connectivity index (χ2v) is 7.50. The Morgan fingerprint density at radius 1 is 1.32 bits per heavy atom. The fourth-order valence-electron chi connectivity index (χ4n) is 2.31. The first kappa shape index (κ1) is 20.3. The molecule has 28 heavy (non-hydrogen) atoms. The largest absolute Gasteiger partial charge is 0.461 e. The van der Waals surface area contributed by atoms with Gasteiger partial charge in [-0.05, 0) is 37.3 Å². The maximum absolute atomic E-state index is 12.9. The molecule has 1 aromatic carbocycles. The molecular formula is C17H14ClF3N4O2S. The lowest BCUT2D eigenvalue weighted by Crippen LogP contribution is -2.23. The van der Waals surface area contributed by atoms with Crippen molar-refractivity contribution in [1.29, 1.82) is 0 Å². The number of carbonyl (C=O) groups excluding carboxylic acids is 1. The molecule has 1 unspecified atom stereocenters. The molecule has 0 aliphatic carbocycles. The normalized spacial score (nSPS) is 12.8. The molecule has 11 heteroatoms. The highest BCUT2D eigenvalue weighted by atomic mass is 35.5. The van der Waals surface area contributed by atoms with E-state index >= 15 is 0 Å². The van der Waals surface area contributed by atoms with Crippen LogP contribution in [0.1, 0.15) is 12.5 Å². The highest BCUT2D eigenvalue weighted by molar-refractivity contribution is 8.00. The number of aromatic nitrogens is 3. The van der Waals surface area contributed by atoms with Crippen LogP contribution in [0.4, 0.5) is 18.9 Å². The number of anilines is 1. The van der Waals surface area contributed by atoms with Gasteiger partial charge in [0.2, 0.25) is 5.91 Å². The zero-order valence-electron chi connectivity index (χ0n) is 14.6. The van der Waals surface area contributed by atoms with Crippen LogP contribution < -0.4 is 5.32 Å². The number of hydrogen-bond donors (Lipinski definition) is 1. The minimum Gasteiger partial charge on any atom is -0.461 e. The number of carbonyl (C=O) groups is 1. The van der Waals surface area contributed by atoms with Gasteiger partial charge in [-0.2, -0.15) is 13.2 Å². The molecule has 0 aliphatic heterocycles. The number of hydrogen-bond acceptors (Lipinski definition) is 5. The Balaban J connectivity index is 1.71. The zero-order valence-corrected chi connectivity index (χ0v) is 16.2. The van der Waals surface area contributed by atoms with E-state index in [0.29, 0.717) is 16.7 Å². The molecule has 148 valence electrons. The SMILES string of the molecule is CC(Sc1nnc(-c2ccco2)n1C)C(=O)Nc1ccc(Cl)c(C(F)(F)F)c1. The van der Waals surface area contributed by atoms with E-state index in [4.69, 9.17) is 16.0 Å². The summed E-state index contributed by atoms with van der Waals surface area (Å²) in [7, 11) is 1.72. The van der Waals surface area contributed by atoms with Crippen LogP contribution in [0.3, 0.4) is 0 Å². The first-order valence-corrected chi connectivity index (χ1v) is 9.20. The monoisotopic (exact) mass is 430 g/mol. The van der Waals surface area contributed by atoms with Gasteiger partial charge in [-0.3, -0.25) is 4.79 Å². The Morgan fingerprint density at radius 3 is 2.71 bits per heavy atom. The molecule has 3 rings (SSSR count). The van der Waals surface area contributed by atoms with Gasteiger partial charge in [-0.15, -0.1) is 10.2 Å². The van der Waals surface area contributed by atoms with Crippen molar-refractivity contribution in [2.45, 2.75) is 23.5 Å². The van der Waals surface area contributed by atoms with Gasteiger partial charge in [0, 0.05) is 12.7 Å². The van der Waals surface area contributed by atoms with Crippen molar-refractivity contribution in [3.8, 4) is 11.6 Å². The van der Waals surface area contributed by atoms with Gasteiger partial charge in [0.15, 0.2) is 16.7 Å². The molecule has 3 aromatic rings. The molecule has 1 N–H and O–H groups in total. The van der Waals surface area contributed by atoms with Crippen LogP contribution in [0.5, 0.6) is 0 Å². The summed E-state index contributed by atoms with van der Waals surface area (Å²) in [6.07, 6.45) is -3.10. The van der Waals surface area contributed by atoms with E-state index in [-0.39, 0.29) is 5.69 Å². The minimum atomic E-state index is -4.61. The van der Waals surface area contributed by atoms with E-state index in [0.717, 1.165) is 23.9 Å². The Kier molecular flexibility index (Phi) is 5.71. The second kappa shape index (κ2) is 7.88. The quantitative estimate of drug-likeness (QED) is 0.585. The molecule has 1 amide bonds. The third kappa shape index (κ3) is 4.33. The van der Waals surface area contributed by atoms with Crippen LogP contribution in [0, 0.1) is 0 Å². The van der Waals surface area contributed by atoms with Crippen molar-refractivity contribution in [2.24, 2.45) is 7.05 Å². The van der Waals surface area contributed by atoms with Gasteiger partial charge in [0.25, 0.3) is 0 Å². The summed E-state index contributed by atoms with van der Waals surface area (Å²) in [5.41, 5.74) is -1.01. The fraction of sp³-hybridized carbons (Fsp3) is 0.235. The van der Waals surface area contributed by atoms with Crippen molar-refractivity contribution in [3.05, 3.63) is 47.2 Å². The minimum absolute atomic E-state index is 0.00316. The average molecular weight is 431 g/mol. The van der Waals surface area contributed by atoms with Crippen LogP contribution in [0.15, 0.2) is 46.2 Å². The summed E-state index contributed by atoms with van der Waals surface area (Å²) in [5, 5.41) is 9.91. The molecule has 0 saturated heterocycles. The molecule has 6 nitrogen and oxygen atoms in total. The third-order valence-corrected chi connectivity index (χ3v) is 5.23. The molecule has 0 fully saturated rings. The summed E-state index contributed by atoms with van der Waals surface area (Å²) in [4.78, 5) is 12.4. The first-order valence-electron chi connectivity index (χ1n) is 7.94. The molecule has 0 bridgehead atoms. The number of nitrogens with one attached hydrogen (secondary N) is 1. The van der Waals surface area contributed by atoms with Gasteiger partial charge in [-0.25, -0.2) is 0 Å². The number of amides is 1. The van der Waals surface area contributed by atoms with E-state index in [2.05, 4.69) is 15.5 Å². The maximum Gasteiger partial charge on any atom is 0.417 e. The van der Waals surface area contributed by atoms with Gasteiger partial charge in [0.05, 0.1) is 22.1 Å². The standard InChI is InChI=1S/C17H14ClF3N4O2S/c1-9(28-16-24-23-14(25(16)2)13-4-3-7-27-13)15(26)22-10-5-6-12(18)11(8-10)17(19,20)21/h3-9H,1-2H3,(H,22,26). The zero-order chi connectivity index (χ0) is 20.5. The number of rotatable bonds is 5. The number of benzene rings is 1. The van der Waals surface area contributed by atoms with E-state index in [9.17, 15) is 18.0 Å². The van der Waals surface area contributed by atoms with Crippen LogP contribution >= 0.6 is 23.4 Å². The van der Waals surface area contributed by atoms with Gasteiger partial charge in [0.1, 0.15) is 0 Å². The van der Waals surface area contributed by atoms with E-state index in [1.807, 2.05) is 0 Å². The Labute approximate surface area is 167 Å². The van der Waals surface area contributed by atoms with Crippen molar-refractivity contribution >= 4 is 35.0 Å². The van der Waals surface area contributed by atoms with Crippen molar-refractivity contribution in [2.75, 3.05) is 5.32 Å². The predicted octanol–water partition coefficient (Wildman–Crippen LogP) is 4.87. The highest BCUT2D eigenvalue weighted by Gasteiger charge is 2.33. The summed E-state index contributed by atoms with van der Waals surface area (Å²) in [5.74, 6) is 0.537. The fourth-order valence-corrected chi connectivity index (χ4v) is 3.35. The Hall–Kier alpha value is -2.46. The number of thioether (sulfide) groups is 1. The first-order chi connectivity index (χ1) is 13.2. The lowest BCUT2D eigenvalue weighted by atomic mass is 10.2. The number of halogens is 4. The highest BCUT2D eigenvalue weighted by Crippen LogP contribution is 2.36. The molecule has 0 aliphatic rings. The van der Waals surface area contributed by atoms with E-state index < -0.39 is 27.9 Å². The molecule has 0 spiro atoms. The lowest BCUT2D eigenvalue weighted by molar-refractivity contribution is -0.137. The van der Waals surface area contributed by atoms with E-state index in [1.165, 1.54) is 12.3 Å². The van der Waals surface area contributed by atoms with Gasteiger partial charge >= 0.3 is 6.18 Å². The smallest absolute Gasteiger partial charge is 0.417 e. The van der Waals surface area contributed by atoms with Crippen molar-refractivity contribution in [3.63, 3.8) is 0 Å². The van der Waals surface area contributed by atoms with Gasteiger partial charge in [-0.1, -0.05) is 23.4 Å². The lowest BCUT2D eigenvalue weighted by Gasteiger charge is -2.14. The topological polar surface area (TPSA) is 73.0 Å². The summed E-state index contributed by atoms with van der Waals surface area (Å²) < 4.78 is 45.8. The van der Waals surface area contributed by atoms with Crippen LogP contribution in [-0.4, -0.2) is 25.9 Å². The van der Waals surface area contributed by atoms with E-state index in [1.54, 1.807) is 30.7 Å². The van der Waals surface area contributed by atoms with Crippen molar-refractivity contribution < 1.29 is 22.4 Å². The van der Waals surface area contributed by atoms with Crippen molar-refractivity contribution in [1.82, 2.24) is 14.8 Å². The van der Waals surface area contributed by atoms with Crippen LogP contribution in [0.25, 0.3) is 11.6 Å². The number of alkyl halides is 3. The van der Waals surface area contributed by atoms with Gasteiger partial charge < -0.3 is 14.3 Å². The summed E-state index contributed by atoms with van der Waals surface area (Å²) in [6, 6.07) is 6.65. The molecule has 0 radical (unpaired) electrons. The average Bonchev–Trinajstić information content (AvgIpc) is 3.26. The summed E-state index contributed by atoms with van der Waals surface area (Å²) in [6.45, 7) is 1.61. The number of nitrogens with zero attached hydrogens (tertiary/aromatic N) is 3. The second-order valence-electron chi connectivity index (χ2n) is 5.78. The molecular weight excluding hydrogens is 417 g/mol. The predicted molar refractivity (Wildman–Crippen MR) is 99.1 cm³/mol. The Morgan fingerprint density at radius 2 is 2.07 bits per heavy atom.